The second-order valence-corrected chi connectivity index (χ2v) is 36.8. The molecule has 0 saturated heterocycles. The third-order valence-corrected chi connectivity index (χ3v) is 18.6. The van der Waals surface area contributed by atoms with Crippen LogP contribution in [-0.4, -0.2) is 82.4 Å². The topological polar surface area (TPSA) is 257 Å². The van der Waals surface area contributed by atoms with Gasteiger partial charge in [0.25, 0.3) is 0 Å². The number of halogens is 1. The van der Waals surface area contributed by atoms with Gasteiger partial charge in [-0.05, 0) is 232 Å². The molecule has 0 saturated carbocycles. The fourth-order valence-corrected chi connectivity index (χ4v) is 12.9. The number of aromatic amines is 4. The average molecular weight is 1700 g/mol. The summed E-state index contributed by atoms with van der Waals surface area (Å²) in [6, 6.07) is 48.1. The number of pyridine rings is 6. The molecule has 0 radical (unpaired) electrons. The lowest BCUT2D eigenvalue weighted by Gasteiger charge is -2.15. The van der Waals surface area contributed by atoms with Gasteiger partial charge in [-0.3, -0.25) is 23.9 Å². The van der Waals surface area contributed by atoms with Gasteiger partial charge in [0.15, 0.2) is 21.7 Å². The SMILES string of the molecule is CC(C)C.CC(C)C.CC(C)C.CC(C)C.Cc1ccc2c(=O)cc(-c3ccn(C(C)C)n3)[nH]c2c1.Cc1ccc2c(=O)cc(-c3nc(C(C)C)cs3)[nH]c2c1.Cc1ccc2c(=O)cc(-n3ccc(C(C)C)n3)[nH]c2c1.Cc1ccc2c(=O)cc(-n3ccc(NC(C)C)n3)[nH]c2c1.Cc1ccc2c(OC(C)C)cc(-c3cccc(NC(C)C)n3)nc2c1Cl. The first kappa shape index (κ1) is 98.6. The van der Waals surface area contributed by atoms with Gasteiger partial charge in [0.2, 0.25) is 0 Å². The Hall–Kier alpha value is -11.6. The van der Waals surface area contributed by atoms with Crippen LogP contribution in [0.3, 0.4) is 0 Å². The number of benzene rings is 5. The van der Waals surface area contributed by atoms with Crippen molar-refractivity contribution in [3.8, 4) is 50.9 Å². The molecule has 15 rings (SSSR count). The number of aromatic nitrogens is 13. The lowest BCUT2D eigenvalue weighted by molar-refractivity contribution is 0.245. The van der Waals surface area contributed by atoms with Gasteiger partial charge in [0.05, 0.1) is 72.9 Å². The molecule has 0 spiro atoms. The van der Waals surface area contributed by atoms with Crippen molar-refractivity contribution in [2.75, 3.05) is 10.6 Å². The molecule has 10 aromatic heterocycles. The number of fused-ring (bicyclic) bond motifs is 5. The van der Waals surface area contributed by atoms with Crippen molar-refractivity contribution in [2.24, 2.45) is 23.7 Å². The highest BCUT2D eigenvalue weighted by Crippen LogP contribution is 2.36. The van der Waals surface area contributed by atoms with Gasteiger partial charge in [-0.2, -0.15) is 10.2 Å². The molecule has 654 valence electrons. The third-order valence-electron chi connectivity index (χ3n) is 17.3. The van der Waals surface area contributed by atoms with Crippen LogP contribution in [0.25, 0.3) is 99.6 Å². The first-order valence-corrected chi connectivity index (χ1v) is 44.1. The maximum absolute atomic E-state index is 12.2. The van der Waals surface area contributed by atoms with Crippen molar-refractivity contribution >= 4 is 89.1 Å². The van der Waals surface area contributed by atoms with Crippen LogP contribution < -0.4 is 37.1 Å². The number of anilines is 2. The van der Waals surface area contributed by atoms with Crippen molar-refractivity contribution in [1.82, 2.24) is 64.2 Å². The van der Waals surface area contributed by atoms with E-state index in [0.29, 0.717) is 62.8 Å². The van der Waals surface area contributed by atoms with Crippen LogP contribution in [0.2, 0.25) is 5.02 Å². The summed E-state index contributed by atoms with van der Waals surface area (Å²) in [4.78, 5) is 76.0. The maximum atomic E-state index is 12.2. The predicted molar refractivity (Wildman–Crippen MR) is 522 cm³/mol. The lowest BCUT2D eigenvalue weighted by atomic mass is 10.1. The Morgan fingerprint density at radius 3 is 1.26 bits per heavy atom. The zero-order chi connectivity index (χ0) is 91.0. The minimum Gasteiger partial charge on any atom is -0.490 e. The first-order valence-electron chi connectivity index (χ1n) is 42.9. The summed E-state index contributed by atoms with van der Waals surface area (Å²) in [5.41, 5.74) is 15.6. The highest BCUT2D eigenvalue weighted by molar-refractivity contribution is 7.13. The van der Waals surface area contributed by atoms with Gasteiger partial charge in [0, 0.05) is 105 Å². The molecular weight excluding hydrogens is 1570 g/mol. The smallest absolute Gasteiger partial charge is 0.191 e. The summed E-state index contributed by atoms with van der Waals surface area (Å²) >= 11 is 8.11. The van der Waals surface area contributed by atoms with Gasteiger partial charge in [-0.15, -0.1) is 16.4 Å². The molecule has 22 heteroatoms. The van der Waals surface area contributed by atoms with Gasteiger partial charge in [-0.1, -0.05) is 159 Å². The van der Waals surface area contributed by atoms with E-state index in [9.17, 15) is 19.2 Å². The monoisotopic (exact) mass is 1700 g/mol. The molecule has 0 aliphatic rings. The van der Waals surface area contributed by atoms with Gasteiger partial charge >= 0.3 is 0 Å². The maximum Gasteiger partial charge on any atom is 0.191 e. The molecule has 5 aromatic carbocycles. The van der Waals surface area contributed by atoms with Gasteiger partial charge in [-0.25, -0.2) is 24.3 Å². The van der Waals surface area contributed by atoms with Crippen LogP contribution in [0, 0.1) is 58.3 Å². The number of aryl methyl sites for hydroxylation is 5. The van der Waals surface area contributed by atoms with E-state index in [1.807, 2.05) is 199 Å². The van der Waals surface area contributed by atoms with E-state index in [1.165, 1.54) is 0 Å². The number of rotatable bonds is 14. The molecule has 0 aliphatic carbocycles. The minimum absolute atomic E-state index is 0.00683. The normalized spacial score (nSPS) is 11.1. The standard InChI is InChI=1S/C21H24ClN3O.C16H18N4O.2C16H17N3O.C16H16N2OS.4C4H10/c1-12(2)23-19-8-6-7-16(24-19)17-11-18(26-13(3)4)15-10-9-14(5)20(22)21(15)25-17;1-10(2)17-15-6-7-20(19-15)16-9-14(21)12-5-4-11(3)8-13(12)18-16;1-10(2)19-7-6-13(18-19)15-9-16(20)12-5-4-11(3)8-14(12)17-15;1-10(2)13-6-7-19(18-13)16-9-15(20)12-5-4-11(3)8-14(12)17-16;1-9(2)14-8-20-16(18-14)13-7-15(19)11-5-4-10(3)6-12(11)17-13;4*1-4(2)3/h6-13H,1-5H3,(H,23,24);4-10H,1-3H3,(H,17,19)(H,18,21);2*4-10H,1-3H3,(H,17,20);4-9H,1-3H3,(H,17,19);4*4H,1-3H3. The van der Waals surface area contributed by atoms with Crippen molar-refractivity contribution in [1.29, 1.82) is 0 Å². The Balaban J connectivity index is 0.000000202. The number of H-pyrrole nitrogens is 4. The molecule has 0 unspecified atom stereocenters. The summed E-state index contributed by atoms with van der Waals surface area (Å²) in [6.45, 7) is 60.9. The first-order chi connectivity index (χ1) is 57.9. The van der Waals surface area contributed by atoms with Crippen molar-refractivity contribution in [2.45, 2.75) is 237 Å². The Labute approximate surface area is 736 Å². The van der Waals surface area contributed by atoms with E-state index < -0.39 is 0 Å². The molecule has 0 aliphatic heterocycles. The average Bonchev–Trinajstić information content (AvgIpc) is 1.64. The van der Waals surface area contributed by atoms with Gasteiger partial charge < -0.3 is 35.3 Å². The number of nitrogens with zero attached hydrogens (tertiary/aromatic N) is 9. The number of hydrogen-bond acceptors (Lipinski definition) is 14. The van der Waals surface area contributed by atoms with E-state index >= 15 is 0 Å². The van der Waals surface area contributed by atoms with Crippen molar-refractivity contribution in [3.63, 3.8) is 0 Å². The van der Waals surface area contributed by atoms with E-state index in [4.69, 9.17) is 26.3 Å². The molecule has 15 aromatic rings. The number of thiazole rings is 1. The zero-order valence-corrected chi connectivity index (χ0v) is 79.4. The fourth-order valence-electron chi connectivity index (χ4n) is 11.8. The summed E-state index contributed by atoms with van der Waals surface area (Å²) in [6.07, 6.45) is 5.69. The fraction of sp³-hybridized carbons (Fsp3) is 0.386. The highest BCUT2D eigenvalue weighted by atomic mass is 35.5. The Bertz CT molecular complexity index is 5810. The molecule has 0 bridgehead atoms. The van der Waals surface area contributed by atoms with E-state index in [0.717, 1.165) is 152 Å². The third kappa shape index (κ3) is 30.2. The number of nitrogens with one attached hydrogen (secondary N) is 6. The Morgan fingerprint density at radius 1 is 0.390 bits per heavy atom. The largest absolute Gasteiger partial charge is 0.490 e. The van der Waals surface area contributed by atoms with Crippen LogP contribution in [0.1, 0.15) is 223 Å². The van der Waals surface area contributed by atoms with Crippen LogP contribution in [0.15, 0.2) is 195 Å². The van der Waals surface area contributed by atoms with Crippen LogP contribution in [0.4, 0.5) is 11.6 Å². The van der Waals surface area contributed by atoms with Crippen molar-refractivity contribution < 1.29 is 4.74 Å². The van der Waals surface area contributed by atoms with E-state index in [-0.39, 0.29) is 27.8 Å². The van der Waals surface area contributed by atoms with Crippen LogP contribution in [0.5, 0.6) is 5.75 Å². The van der Waals surface area contributed by atoms with E-state index in [2.05, 4.69) is 209 Å². The second kappa shape index (κ2) is 46.1. The van der Waals surface area contributed by atoms with Crippen LogP contribution >= 0.6 is 22.9 Å². The van der Waals surface area contributed by atoms with Crippen molar-refractivity contribution in [3.05, 3.63) is 261 Å². The Kier molecular flexibility index (Phi) is 36.9. The Morgan fingerprint density at radius 2 is 0.821 bits per heavy atom. The lowest BCUT2D eigenvalue weighted by Crippen LogP contribution is -2.11. The van der Waals surface area contributed by atoms with Gasteiger partial charge in [0.1, 0.15) is 39.7 Å². The summed E-state index contributed by atoms with van der Waals surface area (Å²) in [5, 5.41) is 27.3. The van der Waals surface area contributed by atoms with E-state index in [1.54, 1.807) is 45.0 Å². The highest BCUT2D eigenvalue weighted by Gasteiger charge is 2.18. The quantitative estimate of drug-likeness (QED) is 0.0593. The molecule has 10 heterocycles. The molecule has 123 heavy (non-hydrogen) atoms. The predicted octanol–water partition coefficient (Wildman–Crippen LogP) is 25.9. The summed E-state index contributed by atoms with van der Waals surface area (Å²) in [7, 11) is 0. The van der Waals surface area contributed by atoms with Crippen LogP contribution in [-0.2, 0) is 0 Å². The molecule has 0 amide bonds. The summed E-state index contributed by atoms with van der Waals surface area (Å²) < 4.78 is 11.3. The minimum atomic E-state index is -0.00683. The molecule has 0 fully saturated rings. The second-order valence-electron chi connectivity index (χ2n) is 35.5. The number of hydrogen-bond donors (Lipinski definition) is 6. The molecule has 20 nitrogen and oxygen atoms in total. The molecule has 0 atom stereocenters. The molecule has 6 N–H and O–H groups in total. The number of ether oxygens (including phenoxy) is 1. The summed E-state index contributed by atoms with van der Waals surface area (Å²) in [5.74, 6) is 7.83. The molecular formula is C101H132ClN15O5S. The zero-order valence-electron chi connectivity index (χ0n) is 77.9.